The molecule has 1 aromatic heterocycles. The average Bonchev–Trinajstić information content (AvgIpc) is 3.24. The molecule has 1 aliphatic rings. The molecule has 0 amide bonds. The number of hydrogen-bond acceptors (Lipinski definition) is 5. The van der Waals surface area contributed by atoms with E-state index in [1.54, 1.807) is 24.0 Å². The Hall–Kier alpha value is -1.82. The summed E-state index contributed by atoms with van der Waals surface area (Å²) in [6, 6.07) is 7.82. The van der Waals surface area contributed by atoms with Gasteiger partial charge in [0.05, 0.1) is 0 Å². The fourth-order valence-corrected chi connectivity index (χ4v) is 3.81. The SMILES string of the molecule is CSc1nnc(CCCN=Cc2ccccc2O)n1C1CCCC1. The first kappa shape index (κ1) is 17.0. The van der Waals surface area contributed by atoms with E-state index >= 15 is 0 Å². The van der Waals surface area contributed by atoms with Crippen LogP contribution in [-0.4, -0.2) is 38.9 Å². The lowest BCUT2D eigenvalue weighted by Gasteiger charge is -2.15. The molecule has 0 radical (unpaired) electrons. The van der Waals surface area contributed by atoms with Crippen molar-refractivity contribution in [1.82, 2.24) is 14.8 Å². The van der Waals surface area contributed by atoms with Crippen molar-refractivity contribution in [2.45, 2.75) is 49.7 Å². The van der Waals surface area contributed by atoms with Crippen LogP contribution in [0.1, 0.15) is 49.5 Å². The molecule has 0 atom stereocenters. The Labute approximate surface area is 147 Å². The highest BCUT2D eigenvalue weighted by atomic mass is 32.2. The van der Waals surface area contributed by atoms with Gasteiger partial charge in [-0.15, -0.1) is 10.2 Å². The molecule has 0 aliphatic heterocycles. The monoisotopic (exact) mass is 344 g/mol. The van der Waals surface area contributed by atoms with Gasteiger partial charge in [-0.05, 0) is 37.7 Å². The van der Waals surface area contributed by atoms with Gasteiger partial charge in [0, 0.05) is 30.8 Å². The van der Waals surface area contributed by atoms with E-state index in [-0.39, 0.29) is 5.75 Å². The van der Waals surface area contributed by atoms with E-state index in [1.807, 2.05) is 18.2 Å². The molecule has 128 valence electrons. The first-order valence-electron chi connectivity index (χ1n) is 8.55. The summed E-state index contributed by atoms with van der Waals surface area (Å²) in [5, 5.41) is 19.5. The number of thioether (sulfide) groups is 1. The number of benzene rings is 1. The molecular formula is C18H24N4OS. The van der Waals surface area contributed by atoms with Crippen molar-refractivity contribution in [3.05, 3.63) is 35.7 Å². The normalized spacial score (nSPS) is 15.5. The van der Waals surface area contributed by atoms with Crippen LogP contribution in [0, 0.1) is 0 Å². The molecule has 0 spiro atoms. The number of hydrogen-bond donors (Lipinski definition) is 1. The first-order chi connectivity index (χ1) is 11.8. The minimum atomic E-state index is 0.270. The van der Waals surface area contributed by atoms with Gasteiger partial charge in [0.15, 0.2) is 5.16 Å². The number of nitrogens with zero attached hydrogens (tertiary/aromatic N) is 4. The molecule has 1 fully saturated rings. The number of aliphatic imine (C=N–C) groups is 1. The summed E-state index contributed by atoms with van der Waals surface area (Å²) >= 11 is 1.68. The van der Waals surface area contributed by atoms with Crippen LogP contribution in [0.2, 0.25) is 0 Å². The largest absolute Gasteiger partial charge is 0.507 e. The molecule has 0 bridgehead atoms. The predicted octanol–water partition coefficient (Wildman–Crippen LogP) is 3.87. The molecular weight excluding hydrogens is 320 g/mol. The maximum absolute atomic E-state index is 9.72. The minimum Gasteiger partial charge on any atom is -0.507 e. The Bertz CT molecular complexity index is 692. The number of phenolic OH excluding ortho intramolecular Hbond substituents is 1. The fraction of sp³-hybridized carbons (Fsp3) is 0.500. The van der Waals surface area contributed by atoms with Gasteiger partial charge in [-0.1, -0.05) is 36.7 Å². The summed E-state index contributed by atoms with van der Waals surface area (Å²) in [5.41, 5.74) is 0.760. The smallest absolute Gasteiger partial charge is 0.191 e. The summed E-state index contributed by atoms with van der Waals surface area (Å²) < 4.78 is 2.35. The van der Waals surface area contributed by atoms with Crippen LogP contribution in [0.4, 0.5) is 0 Å². The van der Waals surface area contributed by atoms with Crippen LogP contribution in [0.15, 0.2) is 34.4 Å². The molecule has 3 rings (SSSR count). The maximum Gasteiger partial charge on any atom is 0.191 e. The average molecular weight is 344 g/mol. The molecule has 24 heavy (non-hydrogen) atoms. The van der Waals surface area contributed by atoms with Crippen LogP contribution >= 0.6 is 11.8 Å². The van der Waals surface area contributed by atoms with Crippen molar-refractivity contribution in [3.63, 3.8) is 0 Å². The molecule has 6 heteroatoms. The molecule has 1 aliphatic carbocycles. The van der Waals surface area contributed by atoms with Crippen molar-refractivity contribution in [2.24, 2.45) is 4.99 Å². The van der Waals surface area contributed by atoms with Crippen molar-refractivity contribution >= 4 is 18.0 Å². The minimum absolute atomic E-state index is 0.270. The van der Waals surface area contributed by atoms with Gasteiger partial charge in [0.2, 0.25) is 0 Å². The standard InChI is InChI=1S/C18H24N4OS/c1-24-18-21-20-17(22(18)15-8-3-4-9-15)11-6-12-19-13-14-7-2-5-10-16(14)23/h2,5,7,10,13,15,23H,3-4,6,8-9,11-12H2,1H3. The highest BCUT2D eigenvalue weighted by Gasteiger charge is 2.23. The van der Waals surface area contributed by atoms with Crippen LogP contribution in [0.3, 0.4) is 0 Å². The van der Waals surface area contributed by atoms with E-state index in [2.05, 4.69) is 26.0 Å². The number of aryl methyl sites for hydroxylation is 1. The zero-order valence-corrected chi connectivity index (χ0v) is 14.9. The second-order valence-electron chi connectivity index (χ2n) is 6.11. The second-order valence-corrected chi connectivity index (χ2v) is 6.88. The molecule has 1 heterocycles. The van der Waals surface area contributed by atoms with Crippen molar-refractivity contribution < 1.29 is 5.11 Å². The number of aromatic hydroxyl groups is 1. The molecule has 1 aromatic carbocycles. The molecule has 1 N–H and O–H groups in total. The third kappa shape index (κ3) is 3.98. The number of aromatic nitrogens is 3. The van der Waals surface area contributed by atoms with Crippen molar-refractivity contribution in [1.29, 1.82) is 0 Å². The van der Waals surface area contributed by atoms with E-state index < -0.39 is 0 Å². The zero-order chi connectivity index (χ0) is 16.8. The van der Waals surface area contributed by atoms with Crippen molar-refractivity contribution in [3.8, 4) is 5.75 Å². The van der Waals surface area contributed by atoms with Gasteiger partial charge in [0.25, 0.3) is 0 Å². The quantitative estimate of drug-likeness (QED) is 0.470. The molecule has 0 saturated heterocycles. The molecule has 2 aromatic rings. The number of para-hydroxylation sites is 1. The lowest BCUT2D eigenvalue weighted by molar-refractivity contribution is 0.461. The number of phenols is 1. The predicted molar refractivity (Wildman–Crippen MR) is 98.2 cm³/mol. The van der Waals surface area contributed by atoms with E-state index in [0.29, 0.717) is 6.04 Å². The van der Waals surface area contributed by atoms with E-state index in [0.717, 1.165) is 35.9 Å². The summed E-state index contributed by atoms with van der Waals surface area (Å²) in [6.07, 6.45) is 10.7. The fourth-order valence-electron chi connectivity index (χ4n) is 3.23. The number of rotatable bonds is 7. The first-order valence-corrected chi connectivity index (χ1v) is 9.77. The highest BCUT2D eigenvalue weighted by molar-refractivity contribution is 7.98. The van der Waals surface area contributed by atoms with E-state index in [4.69, 9.17) is 0 Å². The van der Waals surface area contributed by atoms with Crippen LogP contribution < -0.4 is 0 Å². The zero-order valence-electron chi connectivity index (χ0n) is 14.1. The summed E-state index contributed by atoms with van der Waals surface area (Å²) in [7, 11) is 0. The Balaban J connectivity index is 1.57. The third-order valence-electron chi connectivity index (χ3n) is 4.46. The summed E-state index contributed by atoms with van der Waals surface area (Å²) in [4.78, 5) is 4.42. The lowest BCUT2D eigenvalue weighted by Crippen LogP contribution is -2.11. The molecule has 1 saturated carbocycles. The highest BCUT2D eigenvalue weighted by Crippen LogP contribution is 2.33. The Morgan fingerprint density at radius 2 is 2.08 bits per heavy atom. The van der Waals surface area contributed by atoms with Crippen LogP contribution in [-0.2, 0) is 6.42 Å². The molecule has 5 nitrogen and oxygen atoms in total. The second kappa shape index (κ2) is 8.33. The van der Waals surface area contributed by atoms with Gasteiger partial charge < -0.3 is 9.67 Å². The van der Waals surface area contributed by atoms with Crippen LogP contribution in [0.5, 0.6) is 5.75 Å². The Kier molecular flexibility index (Phi) is 5.91. The summed E-state index contributed by atoms with van der Waals surface area (Å²) in [5.74, 6) is 1.36. The van der Waals surface area contributed by atoms with Gasteiger partial charge in [-0.25, -0.2) is 0 Å². The van der Waals surface area contributed by atoms with Gasteiger partial charge in [-0.2, -0.15) is 0 Å². The molecule has 0 unspecified atom stereocenters. The van der Waals surface area contributed by atoms with Gasteiger partial charge in [0.1, 0.15) is 11.6 Å². The topological polar surface area (TPSA) is 63.3 Å². The van der Waals surface area contributed by atoms with E-state index in [9.17, 15) is 5.11 Å². The Morgan fingerprint density at radius 3 is 2.83 bits per heavy atom. The Morgan fingerprint density at radius 1 is 1.29 bits per heavy atom. The lowest BCUT2D eigenvalue weighted by atomic mass is 10.2. The van der Waals surface area contributed by atoms with Crippen LogP contribution in [0.25, 0.3) is 0 Å². The summed E-state index contributed by atoms with van der Waals surface area (Å²) in [6.45, 7) is 0.723. The van der Waals surface area contributed by atoms with Crippen molar-refractivity contribution in [2.75, 3.05) is 12.8 Å². The van der Waals surface area contributed by atoms with Gasteiger partial charge in [-0.3, -0.25) is 4.99 Å². The van der Waals surface area contributed by atoms with Gasteiger partial charge >= 0.3 is 0 Å². The van der Waals surface area contributed by atoms with E-state index in [1.165, 1.54) is 25.7 Å². The maximum atomic E-state index is 9.72. The third-order valence-corrected chi connectivity index (χ3v) is 5.11.